The maximum Gasteiger partial charge on any atom is 0.0625 e. The van der Waals surface area contributed by atoms with E-state index in [0.29, 0.717) is 0 Å². The maximum atomic E-state index is 4.52. The Hall–Kier alpha value is -1.77. The summed E-state index contributed by atoms with van der Waals surface area (Å²) in [5.41, 5.74) is 4.84. The number of aryl methyl sites for hydroxylation is 1. The molecule has 3 heteroatoms. The Morgan fingerprint density at radius 2 is 1.82 bits per heavy atom. The van der Waals surface area contributed by atoms with Crippen LogP contribution in [0.15, 0.2) is 30.3 Å². The third-order valence-corrected chi connectivity index (χ3v) is 3.17. The first-order valence-electron chi connectivity index (χ1n) is 5.98. The van der Waals surface area contributed by atoms with E-state index in [2.05, 4.69) is 48.0 Å². The second-order valence-corrected chi connectivity index (χ2v) is 4.31. The van der Waals surface area contributed by atoms with Gasteiger partial charge in [-0.3, -0.25) is 4.68 Å². The van der Waals surface area contributed by atoms with Crippen LogP contribution in [0.5, 0.6) is 0 Å². The van der Waals surface area contributed by atoms with E-state index in [1.807, 2.05) is 18.2 Å². The fourth-order valence-corrected chi connectivity index (χ4v) is 1.87. The molecule has 0 radical (unpaired) electrons. The molecule has 3 nitrogen and oxygen atoms in total. The molecule has 0 aliphatic heterocycles. The predicted octanol–water partition coefficient (Wildman–Crippen LogP) is 2.92. The third kappa shape index (κ3) is 2.67. The molecule has 0 saturated carbocycles. The summed E-state index contributed by atoms with van der Waals surface area (Å²) in [6, 6.07) is 10.3. The number of para-hydroxylation sites is 1. The molecule has 1 aromatic heterocycles. The Balaban J connectivity index is 1.92. The molecule has 1 heterocycles. The molecule has 0 unspecified atom stereocenters. The highest BCUT2D eigenvalue weighted by molar-refractivity contribution is 5.42. The number of hydrogen-bond acceptors (Lipinski definition) is 2. The van der Waals surface area contributed by atoms with Crippen molar-refractivity contribution in [1.82, 2.24) is 9.78 Å². The van der Waals surface area contributed by atoms with E-state index in [1.165, 1.54) is 11.3 Å². The summed E-state index contributed by atoms with van der Waals surface area (Å²) in [6.45, 7) is 8.10. The molecule has 0 spiro atoms. The summed E-state index contributed by atoms with van der Waals surface area (Å²) in [6.07, 6.45) is 0. The van der Waals surface area contributed by atoms with Crippen LogP contribution in [0.25, 0.3) is 0 Å². The third-order valence-electron chi connectivity index (χ3n) is 3.17. The molecule has 17 heavy (non-hydrogen) atoms. The largest absolute Gasteiger partial charge is 0.383 e. The van der Waals surface area contributed by atoms with E-state index in [-0.39, 0.29) is 0 Å². The summed E-state index contributed by atoms with van der Waals surface area (Å²) in [7, 11) is 0. The van der Waals surface area contributed by atoms with Gasteiger partial charge in [0.15, 0.2) is 0 Å². The molecule has 1 aromatic carbocycles. The second kappa shape index (κ2) is 5.04. The van der Waals surface area contributed by atoms with Crippen LogP contribution in [0.2, 0.25) is 0 Å². The highest BCUT2D eigenvalue weighted by Gasteiger charge is 2.05. The molecule has 1 N–H and O–H groups in total. The van der Waals surface area contributed by atoms with Gasteiger partial charge in [0.25, 0.3) is 0 Å². The Morgan fingerprint density at radius 3 is 2.41 bits per heavy atom. The van der Waals surface area contributed by atoms with Crippen molar-refractivity contribution in [3.8, 4) is 0 Å². The van der Waals surface area contributed by atoms with Crippen molar-refractivity contribution in [3.63, 3.8) is 0 Å². The van der Waals surface area contributed by atoms with Crippen molar-refractivity contribution in [3.05, 3.63) is 47.3 Å². The van der Waals surface area contributed by atoms with E-state index >= 15 is 0 Å². The molecular weight excluding hydrogens is 210 g/mol. The minimum atomic E-state index is 0.894. The number of rotatable bonds is 4. The fourth-order valence-electron chi connectivity index (χ4n) is 1.87. The van der Waals surface area contributed by atoms with Gasteiger partial charge in [-0.2, -0.15) is 5.10 Å². The van der Waals surface area contributed by atoms with Gasteiger partial charge in [-0.15, -0.1) is 0 Å². The molecule has 0 saturated heterocycles. The van der Waals surface area contributed by atoms with Gasteiger partial charge in [0.2, 0.25) is 0 Å². The van der Waals surface area contributed by atoms with E-state index in [1.54, 1.807) is 0 Å². The topological polar surface area (TPSA) is 29.9 Å². The Morgan fingerprint density at radius 1 is 1.12 bits per heavy atom. The fraction of sp³-hybridized carbons (Fsp3) is 0.357. The Bertz CT molecular complexity index is 486. The Kier molecular flexibility index (Phi) is 3.47. The number of aromatic nitrogens is 2. The van der Waals surface area contributed by atoms with Crippen molar-refractivity contribution < 1.29 is 0 Å². The summed E-state index contributed by atoms with van der Waals surface area (Å²) >= 11 is 0. The first-order chi connectivity index (χ1) is 8.18. The average molecular weight is 229 g/mol. The van der Waals surface area contributed by atoms with Gasteiger partial charge >= 0.3 is 0 Å². The first-order valence-corrected chi connectivity index (χ1v) is 5.98. The molecule has 0 aliphatic rings. The normalized spacial score (nSPS) is 10.5. The highest BCUT2D eigenvalue weighted by atomic mass is 15.3. The summed E-state index contributed by atoms with van der Waals surface area (Å²) in [5, 5.41) is 7.91. The zero-order chi connectivity index (χ0) is 12.3. The quantitative estimate of drug-likeness (QED) is 0.873. The standard InChI is InChI=1S/C14H19N3/c1-11-12(2)16-17(13(11)3)10-9-15-14-7-5-4-6-8-14/h4-8,15H,9-10H2,1-3H3. The highest BCUT2D eigenvalue weighted by Crippen LogP contribution is 2.11. The SMILES string of the molecule is Cc1nn(CCNc2ccccc2)c(C)c1C. The van der Waals surface area contributed by atoms with Gasteiger partial charge in [0.05, 0.1) is 12.2 Å². The molecule has 2 aromatic rings. The van der Waals surface area contributed by atoms with Crippen LogP contribution in [0, 0.1) is 20.8 Å². The van der Waals surface area contributed by atoms with Crippen LogP contribution in [0.4, 0.5) is 5.69 Å². The van der Waals surface area contributed by atoms with E-state index in [4.69, 9.17) is 0 Å². The van der Waals surface area contributed by atoms with Gasteiger partial charge in [-0.05, 0) is 38.5 Å². The molecule has 90 valence electrons. The lowest BCUT2D eigenvalue weighted by Gasteiger charge is -2.07. The summed E-state index contributed by atoms with van der Waals surface area (Å²) in [5.74, 6) is 0. The molecular formula is C14H19N3. The average Bonchev–Trinajstić information content (AvgIpc) is 2.59. The smallest absolute Gasteiger partial charge is 0.0625 e. The van der Waals surface area contributed by atoms with Crippen molar-refractivity contribution in [2.45, 2.75) is 27.3 Å². The van der Waals surface area contributed by atoms with Gasteiger partial charge in [0.1, 0.15) is 0 Å². The monoisotopic (exact) mass is 229 g/mol. The molecule has 0 fully saturated rings. The van der Waals surface area contributed by atoms with Crippen LogP contribution in [0.3, 0.4) is 0 Å². The summed E-state index contributed by atoms with van der Waals surface area (Å²) < 4.78 is 2.07. The number of nitrogens with zero attached hydrogens (tertiary/aromatic N) is 2. The van der Waals surface area contributed by atoms with E-state index in [9.17, 15) is 0 Å². The first kappa shape index (κ1) is 11.7. The van der Waals surface area contributed by atoms with Crippen LogP contribution in [-0.2, 0) is 6.54 Å². The van der Waals surface area contributed by atoms with Crippen molar-refractivity contribution in [2.75, 3.05) is 11.9 Å². The van der Waals surface area contributed by atoms with Crippen LogP contribution in [0.1, 0.15) is 17.0 Å². The molecule has 2 rings (SSSR count). The lowest BCUT2D eigenvalue weighted by molar-refractivity contribution is 0.614. The predicted molar refractivity (Wildman–Crippen MR) is 71.4 cm³/mol. The van der Waals surface area contributed by atoms with Crippen LogP contribution in [-0.4, -0.2) is 16.3 Å². The number of nitrogens with one attached hydrogen (secondary N) is 1. The minimum Gasteiger partial charge on any atom is -0.383 e. The minimum absolute atomic E-state index is 0.894. The maximum absolute atomic E-state index is 4.52. The van der Waals surface area contributed by atoms with Gasteiger partial charge in [-0.1, -0.05) is 18.2 Å². The van der Waals surface area contributed by atoms with Crippen molar-refractivity contribution >= 4 is 5.69 Å². The molecule has 0 amide bonds. The molecule has 0 atom stereocenters. The lowest BCUT2D eigenvalue weighted by atomic mass is 10.2. The second-order valence-electron chi connectivity index (χ2n) is 4.31. The zero-order valence-corrected chi connectivity index (χ0v) is 10.7. The molecule has 0 bridgehead atoms. The van der Waals surface area contributed by atoms with Crippen molar-refractivity contribution in [1.29, 1.82) is 0 Å². The number of hydrogen-bond donors (Lipinski definition) is 1. The van der Waals surface area contributed by atoms with E-state index in [0.717, 1.165) is 24.5 Å². The number of benzene rings is 1. The van der Waals surface area contributed by atoms with Gasteiger partial charge in [-0.25, -0.2) is 0 Å². The Labute approximate surface area is 102 Å². The molecule has 0 aliphatic carbocycles. The van der Waals surface area contributed by atoms with Crippen LogP contribution < -0.4 is 5.32 Å². The summed E-state index contributed by atoms with van der Waals surface area (Å²) in [4.78, 5) is 0. The number of anilines is 1. The van der Waals surface area contributed by atoms with E-state index < -0.39 is 0 Å². The van der Waals surface area contributed by atoms with Crippen molar-refractivity contribution in [2.24, 2.45) is 0 Å². The van der Waals surface area contributed by atoms with Crippen LogP contribution >= 0.6 is 0 Å². The van der Waals surface area contributed by atoms with Gasteiger partial charge in [0, 0.05) is 17.9 Å². The van der Waals surface area contributed by atoms with Gasteiger partial charge < -0.3 is 5.32 Å². The lowest BCUT2D eigenvalue weighted by Crippen LogP contribution is -2.12. The zero-order valence-electron chi connectivity index (χ0n) is 10.7.